The molecule has 0 aliphatic rings. The third-order valence-electron chi connectivity index (χ3n) is 1.54. The molecule has 14 heavy (non-hydrogen) atoms. The number of hydrogen-bond donors (Lipinski definition) is 2. The summed E-state index contributed by atoms with van der Waals surface area (Å²) < 4.78 is 11.6. The predicted octanol–water partition coefficient (Wildman–Crippen LogP) is 1.09. The van der Waals surface area contributed by atoms with Crippen molar-refractivity contribution in [3.63, 3.8) is 0 Å². The molecule has 0 rings (SSSR count). The van der Waals surface area contributed by atoms with Gasteiger partial charge in [0.1, 0.15) is 6.04 Å². The molecule has 0 bridgehead atoms. The lowest BCUT2D eigenvalue weighted by atomic mass is 10.0. The lowest BCUT2D eigenvalue weighted by Crippen LogP contribution is -2.40. The molecule has 0 spiro atoms. The Hall–Kier alpha value is -1.39. The largest absolute Gasteiger partial charge is 0.480 e. The quantitative estimate of drug-likeness (QED) is 0.657. The minimum Gasteiger partial charge on any atom is -0.480 e. The first-order chi connectivity index (χ1) is 6.47. The van der Waals surface area contributed by atoms with E-state index in [1.807, 2.05) is 13.8 Å². The molecule has 0 fully saturated rings. The molecule has 0 aromatic carbocycles. The van der Waals surface area contributed by atoms with Gasteiger partial charge in [-0.05, 0) is 12.3 Å². The van der Waals surface area contributed by atoms with Gasteiger partial charge < -0.3 is 10.4 Å². The van der Waals surface area contributed by atoms with Crippen molar-refractivity contribution in [2.24, 2.45) is 5.92 Å². The normalized spacial score (nSPS) is 13.1. The van der Waals surface area contributed by atoms with Gasteiger partial charge in [-0.15, -0.1) is 0 Å². The number of nitrogens with one attached hydrogen (secondary N) is 1. The van der Waals surface area contributed by atoms with E-state index in [1.165, 1.54) is 0 Å². The summed E-state index contributed by atoms with van der Waals surface area (Å²) in [5.41, 5.74) is 0. The summed E-state index contributed by atoms with van der Waals surface area (Å²) in [7, 11) is 0. The number of rotatable bonds is 5. The first-order valence-electron chi connectivity index (χ1n) is 4.27. The molecule has 1 atom stereocenters. The van der Waals surface area contributed by atoms with Crippen molar-refractivity contribution in [1.82, 2.24) is 5.32 Å². The molecule has 0 saturated carbocycles. The Bertz CT molecular complexity index is 238. The van der Waals surface area contributed by atoms with E-state index in [9.17, 15) is 14.0 Å². The van der Waals surface area contributed by atoms with Gasteiger partial charge >= 0.3 is 5.97 Å². The molecule has 0 aliphatic heterocycles. The second-order valence-electron chi connectivity index (χ2n) is 3.32. The molecule has 2 N–H and O–H groups in total. The van der Waals surface area contributed by atoms with Crippen molar-refractivity contribution in [2.75, 3.05) is 0 Å². The number of amides is 1. The maximum Gasteiger partial charge on any atom is 0.326 e. The summed E-state index contributed by atoms with van der Waals surface area (Å²) in [5, 5.41) is 10.9. The van der Waals surface area contributed by atoms with Crippen molar-refractivity contribution in [2.45, 2.75) is 26.3 Å². The van der Waals surface area contributed by atoms with Gasteiger partial charge in [-0.25, -0.2) is 9.18 Å². The van der Waals surface area contributed by atoms with Crippen LogP contribution >= 0.6 is 0 Å². The molecular weight excluding hydrogens is 189 g/mol. The van der Waals surface area contributed by atoms with Gasteiger partial charge in [0.25, 0.3) is 0 Å². The zero-order valence-corrected chi connectivity index (χ0v) is 8.16. The summed E-state index contributed by atoms with van der Waals surface area (Å²) in [6, 6.07) is -0.960. The zero-order valence-electron chi connectivity index (χ0n) is 8.16. The minimum absolute atomic E-state index is 0.0730. The lowest BCUT2D eigenvalue weighted by molar-refractivity contribution is -0.141. The van der Waals surface area contributed by atoms with Crippen LogP contribution < -0.4 is 5.32 Å². The summed E-state index contributed by atoms with van der Waals surface area (Å²) in [6.07, 6.45) is 1.04. The van der Waals surface area contributed by atoms with Crippen LogP contribution in [0.25, 0.3) is 0 Å². The smallest absolute Gasteiger partial charge is 0.326 e. The Morgan fingerprint density at radius 3 is 2.43 bits per heavy atom. The molecule has 0 aliphatic carbocycles. The topological polar surface area (TPSA) is 66.4 Å². The van der Waals surface area contributed by atoms with E-state index in [-0.39, 0.29) is 12.2 Å². The molecule has 0 aromatic heterocycles. The first-order valence-corrected chi connectivity index (χ1v) is 4.27. The van der Waals surface area contributed by atoms with Crippen LogP contribution in [0.1, 0.15) is 20.3 Å². The number of carbonyl (C=O) groups is 2. The summed E-state index contributed by atoms with van der Waals surface area (Å²) in [4.78, 5) is 21.5. The van der Waals surface area contributed by atoms with E-state index in [2.05, 4.69) is 5.32 Å². The number of carbonyl (C=O) groups excluding carboxylic acids is 1. The lowest BCUT2D eigenvalue weighted by Gasteiger charge is -2.14. The fraction of sp³-hybridized carbons (Fsp3) is 0.556. The van der Waals surface area contributed by atoms with Crippen LogP contribution in [0.15, 0.2) is 12.4 Å². The average molecular weight is 203 g/mol. The molecule has 0 radical (unpaired) electrons. The van der Waals surface area contributed by atoms with Crippen LogP contribution in [-0.2, 0) is 9.59 Å². The maximum atomic E-state index is 11.6. The molecule has 1 amide bonds. The molecule has 80 valence electrons. The van der Waals surface area contributed by atoms with E-state index >= 15 is 0 Å². The Morgan fingerprint density at radius 1 is 1.50 bits per heavy atom. The van der Waals surface area contributed by atoms with Gasteiger partial charge in [0, 0.05) is 6.08 Å². The van der Waals surface area contributed by atoms with Crippen LogP contribution in [0.2, 0.25) is 0 Å². The molecule has 0 heterocycles. The highest BCUT2D eigenvalue weighted by Gasteiger charge is 2.19. The molecule has 0 unspecified atom stereocenters. The van der Waals surface area contributed by atoms with Crippen molar-refractivity contribution in [1.29, 1.82) is 0 Å². The fourth-order valence-corrected chi connectivity index (χ4v) is 0.970. The summed E-state index contributed by atoms with van der Waals surface area (Å²) in [6.45, 7) is 3.68. The van der Waals surface area contributed by atoms with Crippen LogP contribution in [0, 0.1) is 5.92 Å². The molecule has 4 nitrogen and oxygen atoms in total. The summed E-state index contributed by atoms with van der Waals surface area (Å²) in [5.74, 6) is -1.70. The molecule has 0 saturated heterocycles. The van der Waals surface area contributed by atoms with E-state index in [0.717, 1.165) is 0 Å². The first kappa shape index (κ1) is 12.6. The van der Waals surface area contributed by atoms with E-state index in [4.69, 9.17) is 5.11 Å². The highest BCUT2D eigenvalue weighted by Crippen LogP contribution is 2.04. The van der Waals surface area contributed by atoms with Crippen molar-refractivity contribution >= 4 is 11.9 Å². The van der Waals surface area contributed by atoms with Crippen LogP contribution in [0.4, 0.5) is 4.39 Å². The van der Waals surface area contributed by atoms with Crippen molar-refractivity contribution in [3.05, 3.63) is 12.4 Å². The Labute approximate surface area is 81.8 Å². The molecular formula is C9H14FNO3. The number of aliphatic carboxylic acids is 1. The van der Waals surface area contributed by atoms with E-state index in [1.54, 1.807) is 0 Å². The van der Waals surface area contributed by atoms with Gasteiger partial charge in [-0.3, -0.25) is 4.79 Å². The van der Waals surface area contributed by atoms with Crippen LogP contribution in [-0.4, -0.2) is 23.0 Å². The molecule has 0 aromatic rings. The highest BCUT2D eigenvalue weighted by atomic mass is 19.1. The minimum atomic E-state index is -1.11. The number of carboxylic acids is 1. The number of carboxylic acid groups (broad SMARTS) is 1. The SMILES string of the molecule is CC(C)C[C@H](NC(=O)C=CF)C(=O)O. The van der Waals surface area contributed by atoms with Gasteiger partial charge in [-0.1, -0.05) is 13.8 Å². The average Bonchev–Trinajstić information content (AvgIpc) is 2.02. The third-order valence-corrected chi connectivity index (χ3v) is 1.54. The number of hydrogen-bond acceptors (Lipinski definition) is 2. The van der Waals surface area contributed by atoms with Gasteiger partial charge in [0.15, 0.2) is 0 Å². The third kappa shape index (κ3) is 5.29. The van der Waals surface area contributed by atoms with Gasteiger partial charge in [0.2, 0.25) is 5.91 Å². The van der Waals surface area contributed by atoms with E-state index in [0.29, 0.717) is 12.5 Å². The van der Waals surface area contributed by atoms with Crippen molar-refractivity contribution < 1.29 is 19.1 Å². The second-order valence-corrected chi connectivity index (χ2v) is 3.32. The Kier molecular flexibility index (Phi) is 5.52. The van der Waals surface area contributed by atoms with Gasteiger partial charge in [0.05, 0.1) is 6.33 Å². The monoisotopic (exact) mass is 203 g/mol. The van der Waals surface area contributed by atoms with Gasteiger partial charge in [-0.2, -0.15) is 0 Å². The van der Waals surface area contributed by atoms with Crippen LogP contribution in [0.5, 0.6) is 0 Å². The predicted molar refractivity (Wildman–Crippen MR) is 49.3 cm³/mol. The zero-order chi connectivity index (χ0) is 11.1. The van der Waals surface area contributed by atoms with Crippen LogP contribution in [0.3, 0.4) is 0 Å². The van der Waals surface area contributed by atoms with E-state index < -0.39 is 17.9 Å². The number of halogens is 1. The maximum absolute atomic E-state index is 11.6. The highest BCUT2D eigenvalue weighted by molar-refractivity contribution is 5.90. The fourth-order valence-electron chi connectivity index (χ4n) is 0.970. The molecule has 5 heteroatoms. The Morgan fingerprint density at radius 2 is 2.07 bits per heavy atom. The summed E-state index contributed by atoms with van der Waals surface area (Å²) >= 11 is 0. The van der Waals surface area contributed by atoms with Crippen molar-refractivity contribution in [3.8, 4) is 0 Å². The Balaban J connectivity index is 4.23. The second kappa shape index (κ2) is 6.12. The standard InChI is InChI=1S/C9H14FNO3/c1-6(2)5-7(9(13)14)11-8(12)3-4-10/h3-4,6-7H,5H2,1-2H3,(H,11,12)(H,13,14)/t7-/m0/s1.